The highest BCUT2D eigenvalue weighted by atomic mass is 16.5. The monoisotopic (exact) mass is 519 g/mol. The van der Waals surface area contributed by atoms with Gasteiger partial charge in [0.25, 0.3) is 11.7 Å². The van der Waals surface area contributed by atoms with E-state index in [4.69, 9.17) is 14.2 Å². The van der Waals surface area contributed by atoms with Crippen LogP contribution in [0, 0.1) is 0 Å². The minimum atomic E-state index is -0.688. The van der Waals surface area contributed by atoms with E-state index in [1.165, 1.54) is 4.90 Å². The summed E-state index contributed by atoms with van der Waals surface area (Å²) in [7, 11) is 0. The molecule has 3 heterocycles. The number of quaternary nitrogens is 1. The van der Waals surface area contributed by atoms with E-state index < -0.39 is 17.7 Å². The zero-order chi connectivity index (χ0) is 26.6. The smallest absolute Gasteiger partial charge is 0.295 e. The summed E-state index contributed by atoms with van der Waals surface area (Å²) in [5.74, 6) is 0.0342. The quantitative estimate of drug-likeness (QED) is 0.229. The number of rotatable bonds is 9. The lowest BCUT2D eigenvalue weighted by atomic mass is 9.94. The van der Waals surface area contributed by atoms with Crippen molar-refractivity contribution >= 4 is 17.4 Å². The zero-order valence-corrected chi connectivity index (χ0v) is 21.8. The fourth-order valence-corrected chi connectivity index (χ4v) is 5.49. The van der Waals surface area contributed by atoms with Crippen molar-refractivity contribution in [3.63, 3.8) is 0 Å². The average Bonchev–Trinajstić information content (AvgIpc) is 3.43. The predicted molar refractivity (Wildman–Crippen MR) is 142 cm³/mol. The van der Waals surface area contributed by atoms with Gasteiger partial charge in [0.1, 0.15) is 43.1 Å². The van der Waals surface area contributed by atoms with E-state index in [1.807, 2.05) is 43.3 Å². The summed E-state index contributed by atoms with van der Waals surface area (Å²) >= 11 is 0. The maximum atomic E-state index is 13.4. The Balaban J connectivity index is 1.47. The number of amides is 1. The molecule has 8 nitrogen and oxygen atoms in total. The molecule has 0 aliphatic carbocycles. The van der Waals surface area contributed by atoms with Crippen molar-refractivity contribution in [3.05, 3.63) is 77.4 Å². The number of hydrogen-bond donors (Lipinski definition) is 2. The number of ether oxygens (including phenoxy) is 3. The summed E-state index contributed by atoms with van der Waals surface area (Å²) < 4.78 is 16.9. The minimum Gasteiger partial charge on any atom is -0.507 e. The second kappa shape index (κ2) is 11.4. The number of carbonyl (C=O) groups excluding carboxylic acids is 2. The third-order valence-electron chi connectivity index (χ3n) is 7.40. The van der Waals surface area contributed by atoms with Gasteiger partial charge in [0.15, 0.2) is 0 Å². The van der Waals surface area contributed by atoms with Gasteiger partial charge < -0.3 is 29.1 Å². The Labute approximate surface area is 223 Å². The average molecular weight is 520 g/mol. The van der Waals surface area contributed by atoms with Crippen LogP contribution in [0.4, 0.5) is 0 Å². The molecule has 0 unspecified atom stereocenters. The molecule has 3 aliphatic rings. The molecule has 0 spiro atoms. The number of carbonyl (C=O) groups is 2. The number of aliphatic hydroxyl groups excluding tert-OH is 1. The number of likely N-dealkylation sites (tertiary alicyclic amines) is 1. The van der Waals surface area contributed by atoms with Gasteiger partial charge in [-0.05, 0) is 48.4 Å². The number of nitrogens with one attached hydrogen (secondary N) is 1. The van der Waals surface area contributed by atoms with E-state index in [0.29, 0.717) is 24.5 Å². The van der Waals surface area contributed by atoms with Crippen molar-refractivity contribution < 1.29 is 33.8 Å². The highest BCUT2D eigenvalue weighted by Gasteiger charge is 2.46. The first-order valence-corrected chi connectivity index (χ1v) is 13.3. The Hall–Kier alpha value is -3.62. The van der Waals surface area contributed by atoms with E-state index in [0.717, 1.165) is 62.6 Å². The number of hydrogen-bond acceptors (Lipinski definition) is 6. The molecule has 0 bridgehead atoms. The molecule has 2 N–H and O–H groups in total. The molecule has 2 saturated heterocycles. The summed E-state index contributed by atoms with van der Waals surface area (Å²) in [6.45, 7) is 10.7. The zero-order valence-electron chi connectivity index (χ0n) is 21.8. The molecule has 8 heteroatoms. The van der Waals surface area contributed by atoms with Crippen LogP contribution >= 0.6 is 0 Å². The molecule has 2 fully saturated rings. The number of fused-ring (bicyclic) bond motifs is 1. The van der Waals surface area contributed by atoms with Crippen LogP contribution in [-0.4, -0.2) is 73.8 Å². The molecule has 2 aromatic rings. The highest BCUT2D eigenvalue weighted by Crippen LogP contribution is 2.41. The molecular weight excluding hydrogens is 484 g/mol. The molecule has 0 saturated carbocycles. The van der Waals surface area contributed by atoms with Gasteiger partial charge in [0.2, 0.25) is 0 Å². The lowest BCUT2D eigenvalue weighted by molar-refractivity contribution is -0.908. The largest absolute Gasteiger partial charge is 0.507 e. The Bertz CT molecular complexity index is 1230. The molecule has 200 valence electrons. The number of Topliss-reactive ketones (excluding diaryl/α,β-unsaturated/α-hetero) is 1. The molecule has 5 rings (SSSR count). The van der Waals surface area contributed by atoms with Gasteiger partial charge in [0, 0.05) is 24.9 Å². The van der Waals surface area contributed by atoms with Crippen molar-refractivity contribution in [2.75, 3.05) is 46.0 Å². The Morgan fingerprint density at radius 3 is 2.68 bits per heavy atom. The van der Waals surface area contributed by atoms with Gasteiger partial charge in [-0.3, -0.25) is 9.59 Å². The van der Waals surface area contributed by atoms with Crippen LogP contribution in [0.2, 0.25) is 0 Å². The van der Waals surface area contributed by atoms with Crippen molar-refractivity contribution in [1.29, 1.82) is 0 Å². The predicted octanol–water partition coefficient (Wildman–Crippen LogP) is 2.30. The number of morpholine rings is 1. The fraction of sp³-hybridized carbons (Fsp3) is 0.400. The normalized spacial score (nSPS) is 22.8. The maximum absolute atomic E-state index is 13.4. The van der Waals surface area contributed by atoms with Crippen molar-refractivity contribution in [2.24, 2.45) is 0 Å². The highest BCUT2D eigenvalue weighted by molar-refractivity contribution is 6.46. The third-order valence-corrected chi connectivity index (χ3v) is 7.40. The molecular formula is C30H35N2O6+. The van der Waals surface area contributed by atoms with E-state index >= 15 is 0 Å². The van der Waals surface area contributed by atoms with Crippen LogP contribution in [0.3, 0.4) is 0 Å². The van der Waals surface area contributed by atoms with E-state index in [2.05, 4.69) is 6.58 Å². The molecule has 2 aromatic carbocycles. The van der Waals surface area contributed by atoms with Gasteiger partial charge in [-0.25, -0.2) is 0 Å². The summed E-state index contributed by atoms with van der Waals surface area (Å²) in [4.78, 5) is 29.7. The van der Waals surface area contributed by atoms with Crippen LogP contribution in [0.25, 0.3) is 5.76 Å². The van der Waals surface area contributed by atoms with Gasteiger partial charge in [-0.1, -0.05) is 24.8 Å². The molecule has 3 aliphatic heterocycles. The molecule has 1 amide bonds. The second-order valence-corrected chi connectivity index (χ2v) is 10.1. The van der Waals surface area contributed by atoms with Crippen molar-refractivity contribution in [1.82, 2.24) is 4.90 Å². The fourth-order valence-electron chi connectivity index (χ4n) is 5.49. The first-order valence-electron chi connectivity index (χ1n) is 13.3. The van der Waals surface area contributed by atoms with Gasteiger partial charge >= 0.3 is 0 Å². The lowest BCUT2D eigenvalue weighted by Gasteiger charge is -2.27. The topological polar surface area (TPSA) is 89.7 Å². The molecule has 0 aromatic heterocycles. The van der Waals surface area contributed by atoms with Crippen molar-refractivity contribution in [2.45, 2.75) is 31.9 Å². The lowest BCUT2D eigenvalue weighted by Crippen LogP contribution is -3.14. The number of benzene rings is 2. The van der Waals surface area contributed by atoms with Gasteiger partial charge in [0.05, 0.1) is 31.4 Å². The summed E-state index contributed by atoms with van der Waals surface area (Å²) in [6.07, 6.45) is 3.20. The summed E-state index contributed by atoms with van der Waals surface area (Å²) in [5.41, 5.74) is 2.34. The van der Waals surface area contributed by atoms with Crippen molar-refractivity contribution in [3.8, 4) is 11.5 Å². The van der Waals surface area contributed by atoms with Crippen LogP contribution < -0.4 is 14.4 Å². The van der Waals surface area contributed by atoms with Crippen LogP contribution in [0.5, 0.6) is 11.5 Å². The molecule has 2 atom stereocenters. The van der Waals surface area contributed by atoms with E-state index in [1.54, 1.807) is 17.0 Å². The third kappa shape index (κ3) is 5.33. The van der Waals surface area contributed by atoms with Gasteiger partial charge in [-0.15, -0.1) is 0 Å². The first kappa shape index (κ1) is 26.0. The Morgan fingerprint density at radius 1 is 1.18 bits per heavy atom. The number of nitrogens with zero attached hydrogens (tertiary/aromatic N) is 1. The van der Waals surface area contributed by atoms with Crippen LogP contribution in [0.1, 0.15) is 36.1 Å². The second-order valence-electron chi connectivity index (χ2n) is 10.1. The Kier molecular flexibility index (Phi) is 7.81. The maximum Gasteiger partial charge on any atom is 0.295 e. The van der Waals surface area contributed by atoms with Gasteiger partial charge in [-0.2, -0.15) is 0 Å². The molecule has 0 radical (unpaired) electrons. The number of aliphatic hydroxyl groups is 1. The van der Waals surface area contributed by atoms with E-state index in [9.17, 15) is 14.7 Å². The standard InChI is InChI=1S/C30H34N2O6/c1-3-15-37-24-8-5-21(6-9-24)27-26(28(33)22-7-10-25-23(19-22)18-20(2)38-25)29(34)30(35)32(27)12-4-11-31-13-16-36-17-14-31/h3,5-10,19-20,27,33H,1,4,11-18H2,2H3/p+1/t20-,27-/m0/s1. The minimum absolute atomic E-state index is 0.0587. The van der Waals surface area contributed by atoms with Crippen LogP contribution in [-0.2, 0) is 20.7 Å². The molecule has 38 heavy (non-hydrogen) atoms. The summed E-state index contributed by atoms with van der Waals surface area (Å²) in [6, 6.07) is 12.0. The summed E-state index contributed by atoms with van der Waals surface area (Å²) in [5, 5.41) is 11.4. The van der Waals surface area contributed by atoms with E-state index in [-0.39, 0.29) is 17.4 Å². The Morgan fingerprint density at radius 2 is 1.95 bits per heavy atom. The number of ketones is 1. The SMILES string of the molecule is C=CCOc1ccc([C@H]2C(=C(O)c3ccc4c(c3)C[C@H](C)O4)C(=O)C(=O)N2CCC[NH+]2CCOCC2)cc1. The van der Waals surface area contributed by atoms with Crippen LogP contribution in [0.15, 0.2) is 60.7 Å². The first-order chi connectivity index (χ1) is 18.5.